The number of rotatable bonds is 1. The molecule has 0 spiro atoms. The van der Waals surface area contributed by atoms with E-state index in [-0.39, 0.29) is 16.9 Å². The van der Waals surface area contributed by atoms with E-state index in [1.807, 2.05) is 12.3 Å². The van der Waals surface area contributed by atoms with Gasteiger partial charge in [0.2, 0.25) is 0 Å². The number of phenols is 1. The van der Waals surface area contributed by atoms with Crippen molar-refractivity contribution in [2.45, 2.75) is 64.4 Å². The molecule has 2 heterocycles. The number of nitrogens with one attached hydrogen (secondary N) is 1. The number of allylic oxidation sites excluding steroid dienone is 2. The molecule has 2 aliphatic rings. The van der Waals surface area contributed by atoms with E-state index in [0.29, 0.717) is 11.7 Å². The van der Waals surface area contributed by atoms with Crippen molar-refractivity contribution in [1.29, 1.82) is 0 Å². The Kier molecular flexibility index (Phi) is 3.73. The molecule has 0 fully saturated rings. The maximum absolute atomic E-state index is 10.9. The normalized spacial score (nSPS) is 24.3. The van der Waals surface area contributed by atoms with Crippen LogP contribution in [0.4, 0.5) is 0 Å². The van der Waals surface area contributed by atoms with Gasteiger partial charge in [0.1, 0.15) is 22.9 Å². The van der Waals surface area contributed by atoms with Gasteiger partial charge in [0.05, 0.1) is 0 Å². The number of aromatic amines is 1. The molecule has 2 N–H and O–H groups in total. The molecule has 26 heavy (non-hydrogen) atoms. The minimum atomic E-state index is -0.272. The third kappa shape index (κ3) is 2.72. The first-order chi connectivity index (χ1) is 12.2. The van der Waals surface area contributed by atoms with Crippen molar-refractivity contribution in [3.05, 3.63) is 47.6 Å². The zero-order valence-electron chi connectivity index (χ0n) is 16.3. The van der Waals surface area contributed by atoms with Crippen LogP contribution in [0.3, 0.4) is 0 Å². The molecule has 4 heteroatoms. The molecule has 1 aliphatic heterocycles. The van der Waals surface area contributed by atoms with E-state index in [0.717, 1.165) is 35.5 Å². The third-order valence-corrected chi connectivity index (χ3v) is 5.97. The van der Waals surface area contributed by atoms with Crippen LogP contribution in [0.5, 0.6) is 11.5 Å². The molecule has 0 radical (unpaired) electrons. The quantitative estimate of drug-likeness (QED) is 0.745. The van der Waals surface area contributed by atoms with Gasteiger partial charge in [0.25, 0.3) is 0 Å². The van der Waals surface area contributed by atoms with Crippen LogP contribution in [0.1, 0.15) is 70.3 Å². The number of imidazole rings is 1. The fourth-order valence-electron chi connectivity index (χ4n) is 4.46. The average molecular weight is 352 g/mol. The predicted octanol–water partition coefficient (Wildman–Crippen LogP) is 5.16. The molecule has 0 saturated carbocycles. The Balaban J connectivity index is 1.81. The first-order valence-corrected chi connectivity index (χ1v) is 9.42. The summed E-state index contributed by atoms with van der Waals surface area (Å²) < 4.78 is 6.42. The second-order valence-electron chi connectivity index (χ2n) is 9.18. The van der Waals surface area contributed by atoms with Gasteiger partial charge in [-0.3, -0.25) is 0 Å². The van der Waals surface area contributed by atoms with Gasteiger partial charge in [-0.1, -0.05) is 26.8 Å². The molecule has 1 aromatic carbocycles. The number of ether oxygens (including phenoxy) is 1. The van der Waals surface area contributed by atoms with Crippen LogP contribution in [0.25, 0.3) is 5.57 Å². The lowest BCUT2D eigenvalue weighted by molar-refractivity contribution is 0.00908. The summed E-state index contributed by atoms with van der Waals surface area (Å²) in [5, 5.41) is 10.9. The molecule has 1 aliphatic carbocycles. The first kappa shape index (κ1) is 17.2. The highest BCUT2D eigenvalue weighted by Gasteiger charge is 2.46. The fourth-order valence-corrected chi connectivity index (χ4v) is 4.46. The van der Waals surface area contributed by atoms with Crippen LogP contribution in [-0.4, -0.2) is 20.7 Å². The number of benzene rings is 1. The van der Waals surface area contributed by atoms with Crippen LogP contribution < -0.4 is 4.74 Å². The average Bonchev–Trinajstić information content (AvgIpc) is 3.06. The molecule has 4 nitrogen and oxygen atoms in total. The second-order valence-corrected chi connectivity index (χ2v) is 9.18. The molecule has 0 bridgehead atoms. The zero-order valence-corrected chi connectivity index (χ0v) is 16.3. The minimum Gasteiger partial charge on any atom is -0.508 e. The van der Waals surface area contributed by atoms with Crippen LogP contribution in [-0.2, 0) is 5.41 Å². The van der Waals surface area contributed by atoms with Crippen molar-refractivity contribution in [2.24, 2.45) is 5.92 Å². The summed E-state index contributed by atoms with van der Waals surface area (Å²) in [5.41, 5.74) is 2.97. The lowest BCUT2D eigenvalue weighted by Gasteiger charge is -2.47. The standard InChI is InChI=1S/C22H28N2O2/c1-21(2,3)14-11-17(25)19-15-10-13(20-23-8-9-24-20)6-7-16(15)22(4,5)26-18(19)12-14/h6,8-9,11-12,15-16,25H,7,10H2,1-5H3,(H,23,24). The number of aromatic nitrogens is 2. The number of fused-ring (bicyclic) bond motifs is 3. The third-order valence-electron chi connectivity index (χ3n) is 5.97. The van der Waals surface area contributed by atoms with Crippen molar-refractivity contribution in [2.75, 3.05) is 0 Å². The number of phenolic OH excluding ortho intramolecular Hbond substituents is 1. The Hall–Kier alpha value is -2.23. The van der Waals surface area contributed by atoms with E-state index >= 15 is 0 Å². The van der Waals surface area contributed by atoms with Crippen LogP contribution in [0.2, 0.25) is 0 Å². The summed E-state index contributed by atoms with van der Waals surface area (Å²) in [6, 6.07) is 4.04. The molecule has 4 rings (SSSR count). The van der Waals surface area contributed by atoms with Crippen molar-refractivity contribution >= 4 is 5.57 Å². The molecule has 2 atom stereocenters. The Labute approximate surface area is 155 Å². The number of hydrogen-bond donors (Lipinski definition) is 2. The fraction of sp³-hybridized carbons (Fsp3) is 0.500. The highest BCUT2D eigenvalue weighted by atomic mass is 16.5. The zero-order chi connectivity index (χ0) is 18.7. The van der Waals surface area contributed by atoms with Gasteiger partial charge in [-0.25, -0.2) is 4.98 Å². The number of H-pyrrole nitrogens is 1. The van der Waals surface area contributed by atoms with Gasteiger partial charge in [0, 0.05) is 29.8 Å². The van der Waals surface area contributed by atoms with Gasteiger partial charge in [0.15, 0.2) is 0 Å². The van der Waals surface area contributed by atoms with Crippen molar-refractivity contribution in [3.63, 3.8) is 0 Å². The SMILES string of the molecule is CC(C)(C)c1cc(O)c2c(c1)OC(C)(C)C1CC=C(c3ncc[nH]3)CC21. The molecule has 0 amide bonds. The maximum atomic E-state index is 10.9. The number of aromatic hydroxyl groups is 1. The molecule has 1 aromatic heterocycles. The molecule has 2 unspecified atom stereocenters. The Morgan fingerprint density at radius 1 is 1.27 bits per heavy atom. The summed E-state index contributed by atoms with van der Waals surface area (Å²) in [6.45, 7) is 10.8. The lowest BCUT2D eigenvalue weighted by atomic mass is 9.66. The highest BCUT2D eigenvalue weighted by Crippen LogP contribution is 2.55. The van der Waals surface area contributed by atoms with Gasteiger partial charge >= 0.3 is 0 Å². The summed E-state index contributed by atoms with van der Waals surface area (Å²) in [6.07, 6.45) is 7.71. The van der Waals surface area contributed by atoms with Gasteiger partial charge in [-0.15, -0.1) is 0 Å². The molecular weight excluding hydrogens is 324 g/mol. The van der Waals surface area contributed by atoms with Crippen LogP contribution in [0, 0.1) is 5.92 Å². The predicted molar refractivity (Wildman–Crippen MR) is 104 cm³/mol. The number of nitrogens with zero attached hydrogens (tertiary/aromatic N) is 1. The smallest absolute Gasteiger partial charge is 0.132 e. The van der Waals surface area contributed by atoms with Gasteiger partial charge in [-0.05, 0) is 55.4 Å². The van der Waals surface area contributed by atoms with Crippen molar-refractivity contribution in [1.82, 2.24) is 9.97 Å². The summed E-state index contributed by atoms with van der Waals surface area (Å²) >= 11 is 0. The molecule has 138 valence electrons. The molecule has 0 saturated heterocycles. The minimum absolute atomic E-state index is 0.0390. The Morgan fingerprint density at radius 3 is 2.69 bits per heavy atom. The maximum Gasteiger partial charge on any atom is 0.132 e. The van der Waals surface area contributed by atoms with E-state index in [9.17, 15) is 5.11 Å². The second kappa shape index (κ2) is 5.63. The van der Waals surface area contributed by atoms with E-state index in [1.54, 1.807) is 6.20 Å². The first-order valence-electron chi connectivity index (χ1n) is 9.42. The molecule has 2 aromatic rings. The van der Waals surface area contributed by atoms with Crippen molar-refractivity contribution in [3.8, 4) is 11.5 Å². The van der Waals surface area contributed by atoms with Crippen molar-refractivity contribution < 1.29 is 9.84 Å². The monoisotopic (exact) mass is 352 g/mol. The molecular formula is C22H28N2O2. The number of hydrogen-bond acceptors (Lipinski definition) is 3. The topological polar surface area (TPSA) is 58.1 Å². The summed E-state index contributed by atoms with van der Waals surface area (Å²) in [4.78, 5) is 7.64. The summed E-state index contributed by atoms with van der Waals surface area (Å²) in [5.74, 6) is 2.69. The van der Waals surface area contributed by atoms with E-state index in [4.69, 9.17) is 4.74 Å². The van der Waals surface area contributed by atoms with Gasteiger partial charge < -0.3 is 14.8 Å². The van der Waals surface area contributed by atoms with Gasteiger partial charge in [-0.2, -0.15) is 0 Å². The van der Waals surface area contributed by atoms with Crippen LogP contribution >= 0.6 is 0 Å². The van der Waals surface area contributed by atoms with E-state index in [2.05, 4.69) is 56.7 Å². The Morgan fingerprint density at radius 2 is 2.04 bits per heavy atom. The van der Waals surface area contributed by atoms with E-state index in [1.165, 1.54) is 5.57 Å². The van der Waals surface area contributed by atoms with E-state index < -0.39 is 0 Å². The largest absolute Gasteiger partial charge is 0.508 e. The highest BCUT2D eigenvalue weighted by molar-refractivity contribution is 5.64. The Bertz CT molecular complexity index is 857. The summed E-state index contributed by atoms with van der Waals surface area (Å²) in [7, 11) is 0. The van der Waals surface area contributed by atoms with Crippen LogP contribution in [0.15, 0.2) is 30.6 Å². The lowest BCUT2D eigenvalue weighted by Crippen LogP contribution is -2.45.